The summed E-state index contributed by atoms with van der Waals surface area (Å²) in [6, 6.07) is 4.69. The quantitative estimate of drug-likeness (QED) is 0.567. The number of aliphatic carboxylic acids is 1. The van der Waals surface area contributed by atoms with Gasteiger partial charge in [0, 0.05) is 0 Å². The number of hydrogen-bond acceptors (Lipinski definition) is 4. The maximum absolute atomic E-state index is 10.7. The van der Waals surface area contributed by atoms with Crippen LogP contribution in [0.15, 0.2) is 24.3 Å². The number of likely N-dealkylation sites (N-methyl/N-ethyl adjacent to an activating group) is 1. The second-order valence-corrected chi connectivity index (χ2v) is 3.14. The molecule has 1 rings (SSSR count). The van der Waals surface area contributed by atoms with Gasteiger partial charge in [-0.1, -0.05) is 12.1 Å². The van der Waals surface area contributed by atoms with Crippen LogP contribution in [0.1, 0.15) is 11.7 Å². The Bertz CT molecular complexity index is 336. The van der Waals surface area contributed by atoms with Gasteiger partial charge in [-0.2, -0.15) is 0 Å². The number of aromatic hydroxyl groups is 1. The van der Waals surface area contributed by atoms with Crippen LogP contribution in [-0.4, -0.2) is 34.4 Å². The summed E-state index contributed by atoms with van der Waals surface area (Å²) in [6.45, 7) is 0. The fourth-order valence-corrected chi connectivity index (χ4v) is 1.28. The third-order valence-corrected chi connectivity index (χ3v) is 2.13. The molecule has 1 aromatic carbocycles. The third-order valence-electron chi connectivity index (χ3n) is 2.13. The second-order valence-electron chi connectivity index (χ2n) is 3.14. The lowest BCUT2D eigenvalue weighted by molar-refractivity contribution is -0.142. The van der Waals surface area contributed by atoms with Crippen LogP contribution in [0.3, 0.4) is 0 Å². The van der Waals surface area contributed by atoms with E-state index >= 15 is 0 Å². The number of hydrogen-bond donors (Lipinski definition) is 4. The average Bonchev–Trinajstić information content (AvgIpc) is 2.19. The standard InChI is InChI=1S/C10H13NO4/c1-11-8(10(14)15)9(13)6-2-4-7(12)5-3-6/h2-5,8-9,11-13H,1H3,(H,14,15). The molecule has 5 nitrogen and oxygen atoms in total. The van der Waals surface area contributed by atoms with Crippen LogP contribution in [0.2, 0.25) is 0 Å². The highest BCUT2D eigenvalue weighted by Crippen LogP contribution is 2.19. The first-order valence-corrected chi connectivity index (χ1v) is 4.43. The number of aliphatic hydroxyl groups excluding tert-OH is 1. The van der Waals surface area contributed by atoms with Crippen molar-refractivity contribution in [3.8, 4) is 5.75 Å². The molecule has 0 radical (unpaired) electrons. The van der Waals surface area contributed by atoms with Gasteiger partial charge in [-0.15, -0.1) is 0 Å². The summed E-state index contributed by atoms with van der Waals surface area (Å²) in [7, 11) is 1.46. The predicted molar refractivity (Wildman–Crippen MR) is 53.6 cm³/mol. The van der Waals surface area contributed by atoms with Crippen molar-refractivity contribution < 1.29 is 20.1 Å². The molecule has 0 heterocycles. The van der Waals surface area contributed by atoms with Crippen molar-refractivity contribution in [2.45, 2.75) is 12.1 Å². The highest BCUT2D eigenvalue weighted by atomic mass is 16.4. The Morgan fingerprint density at radius 3 is 2.27 bits per heavy atom. The molecule has 0 fully saturated rings. The molecule has 0 aliphatic rings. The van der Waals surface area contributed by atoms with E-state index in [1.807, 2.05) is 0 Å². The summed E-state index contributed by atoms with van der Waals surface area (Å²) in [5.74, 6) is -1.06. The number of aliphatic hydroxyl groups is 1. The molecule has 0 aliphatic carbocycles. The lowest BCUT2D eigenvalue weighted by atomic mass is 10.0. The first-order valence-electron chi connectivity index (χ1n) is 4.43. The van der Waals surface area contributed by atoms with Crippen LogP contribution in [0, 0.1) is 0 Å². The molecule has 0 spiro atoms. The maximum Gasteiger partial charge on any atom is 0.323 e. The van der Waals surface area contributed by atoms with Crippen molar-refractivity contribution in [1.82, 2.24) is 5.32 Å². The molecule has 82 valence electrons. The number of carboxylic acids is 1. The molecule has 2 unspecified atom stereocenters. The zero-order valence-corrected chi connectivity index (χ0v) is 8.21. The average molecular weight is 211 g/mol. The van der Waals surface area contributed by atoms with Crippen LogP contribution >= 0.6 is 0 Å². The Labute approximate surface area is 87.0 Å². The Kier molecular flexibility index (Phi) is 3.65. The van der Waals surface area contributed by atoms with E-state index in [-0.39, 0.29) is 5.75 Å². The topological polar surface area (TPSA) is 89.8 Å². The summed E-state index contributed by atoms with van der Waals surface area (Å²) in [5.41, 5.74) is 0.439. The highest BCUT2D eigenvalue weighted by molar-refractivity contribution is 5.74. The van der Waals surface area contributed by atoms with Crippen molar-refractivity contribution in [2.24, 2.45) is 0 Å². The molecule has 15 heavy (non-hydrogen) atoms. The molecule has 0 amide bonds. The van der Waals surface area contributed by atoms with E-state index < -0.39 is 18.1 Å². The van der Waals surface area contributed by atoms with Crippen molar-refractivity contribution >= 4 is 5.97 Å². The van der Waals surface area contributed by atoms with E-state index in [2.05, 4.69) is 5.32 Å². The van der Waals surface area contributed by atoms with E-state index in [0.29, 0.717) is 5.56 Å². The van der Waals surface area contributed by atoms with Gasteiger partial charge < -0.3 is 20.6 Å². The van der Waals surface area contributed by atoms with Gasteiger partial charge in [0.15, 0.2) is 0 Å². The summed E-state index contributed by atoms with van der Waals surface area (Å²) < 4.78 is 0. The summed E-state index contributed by atoms with van der Waals surface area (Å²) in [6.07, 6.45) is -1.15. The minimum atomic E-state index is -1.15. The number of phenols is 1. The van der Waals surface area contributed by atoms with Crippen LogP contribution in [0.4, 0.5) is 0 Å². The maximum atomic E-state index is 10.7. The highest BCUT2D eigenvalue weighted by Gasteiger charge is 2.25. The lowest BCUT2D eigenvalue weighted by Gasteiger charge is -2.18. The van der Waals surface area contributed by atoms with E-state index in [9.17, 15) is 9.90 Å². The zero-order chi connectivity index (χ0) is 11.4. The van der Waals surface area contributed by atoms with Crippen LogP contribution in [0.25, 0.3) is 0 Å². The van der Waals surface area contributed by atoms with E-state index in [1.165, 1.54) is 31.3 Å². The van der Waals surface area contributed by atoms with E-state index in [1.54, 1.807) is 0 Å². The van der Waals surface area contributed by atoms with Crippen molar-refractivity contribution in [1.29, 1.82) is 0 Å². The molecule has 4 N–H and O–H groups in total. The van der Waals surface area contributed by atoms with Gasteiger partial charge in [0.05, 0.1) is 0 Å². The molecule has 0 saturated heterocycles. The normalized spacial score (nSPS) is 14.5. The first-order chi connectivity index (χ1) is 7.06. The number of carboxylic acid groups (broad SMARTS) is 1. The Balaban J connectivity index is 2.87. The molecule has 5 heteroatoms. The van der Waals surface area contributed by atoms with Gasteiger partial charge in [0.2, 0.25) is 0 Å². The van der Waals surface area contributed by atoms with Gasteiger partial charge in [-0.3, -0.25) is 4.79 Å². The van der Waals surface area contributed by atoms with E-state index in [0.717, 1.165) is 0 Å². The lowest BCUT2D eigenvalue weighted by Crippen LogP contribution is -2.39. The molecule has 0 aliphatic heterocycles. The number of rotatable bonds is 4. The summed E-state index contributed by atoms with van der Waals surface area (Å²) >= 11 is 0. The first kappa shape index (κ1) is 11.5. The van der Waals surface area contributed by atoms with Gasteiger partial charge >= 0.3 is 5.97 Å². The molecular weight excluding hydrogens is 198 g/mol. The Hall–Kier alpha value is -1.59. The number of phenolic OH excluding ortho intramolecular Hbond substituents is 1. The van der Waals surface area contributed by atoms with E-state index in [4.69, 9.17) is 10.2 Å². The summed E-state index contributed by atoms with van der Waals surface area (Å²) in [4.78, 5) is 10.7. The van der Waals surface area contributed by atoms with Gasteiger partial charge in [0.1, 0.15) is 17.9 Å². The molecule has 0 bridgehead atoms. The largest absolute Gasteiger partial charge is 0.508 e. The fourth-order valence-electron chi connectivity index (χ4n) is 1.28. The van der Waals surface area contributed by atoms with Gasteiger partial charge in [0.25, 0.3) is 0 Å². The Morgan fingerprint density at radius 2 is 1.87 bits per heavy atom. The number of benzene rings is 1. The van der Waals surface area contributed by atoms with Gasteiger partial charge in [-0.25, -0.2) is 0 Å². The van der Waals surface area contributed by atoms with Crippen molar-refractivity contribution in [3.63, 3.8) is 0 Å². The molecule has 1 aromatic rings. The monoisotopic (exact) mass is 211 g/mol. The van der Waals surface area contributed by atoms with Crippen molar-refractivity contribution in [2.75, 3.05) is 7.05 Å². The van der Waals surface area contributed by atoms with Crippen LogP contribution in [0.5, 0.6) is 5.75 Å². The zero-order valence-electron chi connectivity index (χ0n) is 8.21. The fraction of sp³-hybridized carbons (Fsp3) is 0.300. The minimum absolute atomic E-state index is 0.0716. The van der Waals surface area contributed by atoms with Crippen LogP contribution in [-0.2, 0) is 4.79 Å². The smallest absolute Gasteiger partial charge is 0.323 e. The van der Waals surface area contributed by atoms with Gasteiger partial charge in [-0.05, 0) is 24.7 Å². The second kappa shape index (κ2) is 4.77. The number of carbonyl (C=O) groups is 1. The SMILES string of the molecule is CNC(C(=O)O)C(O)c1ccc(O)cc1. The third kappa shape index (κ3) is 2.68. The summed E-state index contributed by atoms with van der Waals surface area (Å²) in [5, 5.41) is 30.0. The Morgan fingerprint density at radius 1 is 1.33 bits per heavy atom. The molecule has 2 atom stereocenters. The predicted octanol–water partition coefficient (Wildman–Crippen LogP) is 0.0982. The number of nitrogens with one attached hydrogen (secondary N) is 1. The van der Waals surface area contributed by atoms with Crippen molar-refractivity contribution in [3.05, 3.63) is 29.8 Å². The molecular formula is C10H13NO4. The van der Waals surface area contributed by atoms with Crippen LogP contribution < -0.4 is 5.32 Å². The minimum Gasteiger partial charge on any atom is -0.508 e. The molecule has 0 aromatic heterocycles. The molecule has 0 saturated carbocycles.